The third-order valence-corrected chi connectivity index (χ3v) is 11.0. The molecule has 0 bridgehead atoms. The molecule has 0 radical (unpaired) electrons. The van der Waals surface area contributed by atoms with Crippen molar-refractivity contribution in [3.05, 3.63) is 155 Å². The van der Waals surface area contributed by atoms with E-state index in [-0.39, 0.29) is 63.1 Å². The third-order valence-electron chi connectivity index (χ3n) is 11.0. The van der Waals surface area contributed by atoms with Gasteiger partial charge in [-0.25, -0.2) is 8.78 Å². The summed E-state index contributed by atoms with van der Waals surface area (Å²) in [7, 11) is 0. The van der Waals surface area contributed by atoms with Crippen LogP contribution in [0.3, 0.4) is 0 Å². The van der Waals surface area contributed by atoms with Gasteiger partial charge in [0.15, 0.2) is 5.78 Å². The number of nitrogens with two attached hydrogens (primary N) is 1. The molecule has 0 saturated heterocycles. The number of ketones is 1. The van der Waals surface area contributed by atoms with Crippen LogP contribution in [0.4, 0.5) is 8.78 Å². The first kappa shape index (κ1) is 49.5. The number of halogens is 2. The van der Waals surface area contributed by atoms with E-state index in [0.717, 1.165) is 34.9 Å². The number of aliphatic hydroxyl groups is 1. The Morgan fingerprint density at radius 1 is 0.800 bits per heavy atom. The molecule has 0 aliphatic carbocycles. The highest BCUT2D eigenvalue weighted by atomic mass is 19.1. The number of amides is 3. The molecule has 12 nitrogen and oxygen atoms in total. The second-order valence-electron chi connectivity index (χ2n) is 17.1. The van der Waals surface area contributed by atoms with Crippen LogP contribution in [0.15, 0.2) is 121 Å². The molecule has 4 aromatic carbocycles. The topological polar surface area (TPSA) is 173 Å². The summed E-state index contributed by atoms with van der Waals surface area (Å²) in [5, 5.41) is 15.6. The predicted octanol–water partition coefficient (Wildman–Crippen LogP) is 6.82. The lowest BCUT2D eigenvalue weighted by atomic mass is 9.82. The average Bonchev–Trinajstić information content (AvgIpc) is 3.70. The van der Waals surface area contributed by atoms with E-state index in [1.165, 1.54) is 4.90 Å². The van der Waals surface area contributed by atoms with Crippen LogP contribution >= 0.6 is 0 Å². The number of Topliss-reactive ketones (excluding diaryl/α,β-unsaturated/α-hetero) is 1. The minimum atomic E-state index is -1.13. The quantitative estimate of drug-likeness (QED) is 0.0518. The normalized spacial score (nSPS) is 12.7. The van der Waals surface area contributed by atoms with Crippen LogP contribution in [-0.4, -0.2) is 75.8 Å². The van der Waals surface area contributed by atoms with Crippen LogP contribution in [0.2, 0.25) is 0 Å². The molecular formula is C51H59F2N5O7. The number of aryl methyl sites for hydroxylation is 1. The SMILES string of the molecule is CC(C)(C)[C@H](c1cc(-c2cc(F)ccc2F)cn1Cc1ccccc1)N(CC[C@H](N)C(=O)NCCC(=O)N[C@H](CCC(=O)OCc1ccccc1)C(=O)CCc1ccccc1)C(=O)CO. The number of nitrogens with one attached hydrogen (secondary N) is 2. The molecule has 0 fully saturated rings. The number of ether oxygens (including phenoxy) is 1. The molecule has 1 aromatic heterocycles. The van der Waals surface area contributed by atoms with Gasteiger partial charge in [-0.05, 0) is 65.6 Å². The van der Waals surface area contributed by atoms with Crippen LogP contribution in [0.1, 0.15) is 81.3 Å². The van der Waals surface area contributed by atoms with Gasteiger partial charge in [0.25, 0.3) is 0 Å². The van der Waals surface area contributed by atoms with Crippen molar-refractivity contribution in [1.82, 2.24) is 20.1 Å². The molecule has 5 aromatic rings. The van der Waals surface area contributed by atoms with Gasteiger partial charge in [-0.15, -0.1) is 0 Å². The molecule has 0 aliphatic rings. The molecule has 0 unspecified atom stereocenters. The summed E-state index contributed by atoms with van der Waals surface area (Å²) < 4.78 is 36.8. The zero-order valence-corrected chi connectivity index (χ0v) is 37.2. The summed E-state index contributed by atoms with van der Waals surface area (Å²) in [5.41, 5.74) is 9.39. The zero-order valence-electron chi connectivity index (χ0n) is 37.2. The summed E-state index contributed by atoms with van der Waals surface area (Å²) in [6.45, 7) is 5.14. The number of carbonyl (C=O) groups is 5. The number of hydrogen-bond donors (Lipinski definition) is 4. The average molecular weight is 892 g/mol. The van der Waals surface area contributed by atoms with Gasteiger partial charge in [-0.2, -0.15) is 0 Å². The van der Waals surface area contributed by atoms with Crippen LogP contribution in [0, 0.1) is 17.0 Å². The summed E-state index contributed by atoms with van der Waals surface area (Å²) in [5.74, 6) is -3.72. The molecule has 3 atom stereocenters. The molecule has 3 amide bonds. The van der Waals surface area contributed by atoms with Crippen LogP contribution in [0.5, 0.6) is 0 Å². The maximum Gasteiger partial charge on any atom is 0.306 e. The molecule has 1 heterocycles. The molecule has 344 valence electrons. The van der Waals surface area contributed by atoms with E-state index in [1.807, 2.05) is 116 Å². The third kappa shape index (κ3) is 15.0. The van der Waals surface area contributed by atoms with Gasteiger partial charge in [0.05, 0.1) is 18.1 Å². The molecule has 0 saturated carbocycles. The van der Waals surface area contributed by atoms with E-state index in [0.29, 0.717) is 24.2 Å². The number of benzene rings is 4. The second kappa shape index (κ2) is 24.0. The lowest BCUT2D eigenvalue weighted by Crippen LogP contribution is -2.48. The van der Waals surface area contributed by atoms with Crippen molar-refractivity contribution in [2.45, 2.75) is 90.6 Å². The first-order valence-electron chi connectivity index (χ1n) is 21.8. The zero-order chi connectivity index (χ0) is 46.9. The maximum absolute atomic E-state index is 15.1. The van der Waals surface area contributed by atoms with E-state index in [1.54, 1.807) is 12.3 Å². The van der Waals surface area contributed by atoms with Crippen molar-refractivity contribution in [1.29, 1.82) is 0 Å². The molecule has 0 spiro atoms. The molecule has 5 N–H and O–H groups in total. The summed E-state index contributed by atoms with van der Waals surface area (Å²) >= 11 is 0. The number of aromatic nitrogens is 1. The van der Waals surface area contributed by atoms with E-state index >= 15 is 4.39 Å². The number of aliphatic hydroxyl groups excluding tert-OH is 1. The van der Waals surface area contributed by atoms with Crippen LogP contribution < -0.4 is 16.4 Å². The Balaban J connectivity index is 1.23. The Labute approximate surface area is 379 Å². The fourth-order valence-electron chi connectivity index (χ4n) is 7.68. The standard InChI is InChI=1S/C51H59F2N5O7/c1-51(2,3)49(44-29-38(40-30-39(52)20-21-41(40)53)32-57(44)31-36-15-9-5-10-16-36)58(47(62)33-59)28-26-42(54)50(64)55-27-25-46(61)56-43(45(60)23-19-35-13-7-4-8-14-35)22-24-48(63)65-34-37-17-11-6-12-18-37/h4-18,20-21,29-30,32,42-43,49,59H,19,22-28,31,33-34,54H2,1-3H3,(H,55,64)(H,56,61)/t42-,43+,49-/m0/s1. The Morgan fingerprint density at radius 3 is 2.06 bits per heavy atom. The number of esters is 1. The van der Waals surface area contributed by atoms with E-state index < -0.39 is 65.5 Å². The number of carbonyl (C=O) groups excluding carboxylic acids is 5. The molecular weight excluding hydrogens is 833 g/mol. The summed E-state index contributed by atoms with van der Waals surface area (Å²) in [6, 6.07) is 30.2. The monoisotopic (exact) mass is 891 g/mol. The van der Waals surface area contributed by atoms with Crippen LogP contribution in [-0.2, 0) is 48.3 Å². The van der Waals surface area contributed by atoms with Crippen molar-refractivity contribution in [2.24, 2.45) is 11.1 Å². The van der Waals surface area contributed by atoms with Gasteiger partial charge >= 0.3 is 5.97 Å². The van der Waals surface area contributed by atoms with E-state index in [2.05, 4.69) is 10.6 Å². The molecule has 5 rings (SSSR count). The highest BCUT2D eigenvalue weighted by molar-refractivity contribution is 5.90. The van der Waals surface area contributed by atoms with Gasteiger partial charge in [0, 0.05) is 61.9 Å². The van der Waals surface area contributed by atoms with Gasteiger partial charge in [-0.1, -0.05) is 112 Å². The van der Waals surface area contributed by atoms with Crippen molar-refractivity contribution < 1.29 is 42.6 Å². The highest BCUT2D eigenvalue weighted by Crippen LogP contribution is 2.41. The lowest BCUT2D eigenvalue weighted by molar-refractivity contribution is -0.145. The number of nitrogens with zero attached hydrogens (tertiary/aromatic N) is 2. The highest BCUT2D eigenvalue weighted by Gasteiger charge is 2.37. The van der Waals surface area contributed by atoms with E-state index in [4.69, 9.17) is 10.5 Å². The Hall–Kier alpha value is -6.51. The lowest BCUT2D eigenvalue weighted by Gasteiger charge is -2.41. The van der Waals surface area contributed by atoms with E-state index in [9.17, 15) is 33.5 Å². The van der Waals surface area contributed by atoms with Gasteiger partial charge in [0.2, 0.25) is 17.7 Å². The van der Waals surface area contributed by atoms with Gasteiger partial charge in [-0.3, -0.25) is 24.0 Å². The van der Waals surface area contributed by atoms with Gasteiger partial charge < -0.3 is 35.7 Å². The first-order chi connectivity index (χ1) is 31.1. The number of rotatable bonds is 23. The Kier molecular flexibility index (Phi) is 18.3. The Bertz CT molecular complexity index is 2350. The smallest absolute Gasteiger partial charge is 0.306 e. The minimum Gasteiger partial charge on any atom is -0.461 e. The van der Waals surface area contributed by atoms with Gasteiger partial charge in [0.1, 0.15) is 24.8 Å². The van der Waals surface area contributed by atoms with Crippen molar-refractivity contribution in [3.63, 3.8) is 0 Å². The molecule has 65 heavy (non-hydrogen) atoms. The number of hydrogen-bond acceptors (Lipinski definition) is 8. The maximum atomic E-state index is 15.1. The minimum absolute atomic E-state index is 0.0283. The van der Waals surface area contributed by atoms with Crippen molar-refractivity contribution in [2.75, 3.05) is 19.7 Å². The first-order valence-corrected chi connectivity index (χ1v) is 21.8. The van der Waals surface area contributed by atoms with Crippen LogP contribution in [0.25, 0.3) is 11.1 Å². The largest absolute Gasteiger partial charge is 0.461 e. The Morgan fingerprint density at radius 2 is 1.43 bits per heavy atom. The molecule has 0 aliphatic heterocycles. The second-order valence-corrected chi connectivity index (χ2v) is 17.1. The summed E-state index contributed by atoms with van der Waals surface area (Å²) in [4.78, 5) is 67.5. The predicted molar refractivity (Wildman–Crippen MR) is 244 cm³/mol. The molecule has 14 heteroatoms. The summed E-state index contributed by atoms with van der Waals surface area (Å²) in [6.07, 6.45) is 2.01. The van der Waals surface area contributed by atoms with Crippen molar-refractivity contribution in [3.8, 4) is 11.1 Å². The fraction of sp³-hybridized carbons (Fsp3) is 0.353. The fourth-order valence-corrected chi connectivity index (χ4v) is 7.68. The van der Waals surface area contributed by atoms with Crippen molar-refractivity contribution >= 4 is 29.5 Å².